The van der Waals surface area contributed by atoms with E-state index < -0.39 is 5.97 Å². The van der Waals surface area contributed by atoms with Crippen molar-refractivity contribution in [2.45, 2.75) is 20.3 Å². The quantitative estimate of drug-likeness (QED) is 0.167. The number of carboxylic acid groups (broad SMARTS) is 1. The number of rotatable bonds is 8. The molecule has 38 heavy (non-hydrogen) atoms. The zero-order chi connectivity index (χ0) is 26.5. The van der Waals surface area contributed by atoms with Crippen molar-refractivity contribution < 1.29 is 14.6 Å². The first-order chi connectivity index (χ1) is 18.5. The van der Waals surface area contributed by atoms with Crippen LogP contribution in [0.2, 0.25) is 0 Å². The van der Waals surface area contributed by atoms with Gasteiger partial charge in [-0.15, -0.1) is 0 Å². The number of fused-ring (bicyclic) bond motifs is 1. The van der Waals surface area contributed by atoms with Crippen molar-refractivity contribution in [2.75, 3.05) is 0 Å². The molecule has 2 N–H and O–H groups in total. The van der Waals surface area contributed by atoms with E-state index in [1.54, 1.807) is 6.08 Å². The molecule has 0 amide bonds. The summed E-state index contributed by atoms with van der Waals surface area (Å²) in [5.41, 5.74) is 8.37. The standard InChI is InChI=1S/C33H28N2O3/c1-3-29(25-13-9-22(2)31(20-25)38-28-7-5-4-6-8-28)33(26-16-17-30-27(19-26)21-34-35-30)24-14-10-23(11-15-24)12-18-32(36)37/h4-21H,3H2,1-2H3,(H,34,35)(H,36,37). The number of aliphatic carboxylic acids is 1. The van der Waals surface area contributed by atoms with Gasteiger partial charge in [0.05, 0.1) is 11.7 Å². The average Bonchev–Trinajstić information content (AvgIpc) is 3.41. The molecular formula is C33H28N2O3. The van der Waals surface area contributed by atoms with E-state index in [0.717, 1.165) is 68.3 Å². The number of para-hydroxylation sites is 1. The minimum Gasteiger partial charge on any atom is -0.478 e. The minimum atomic E-state index is -0.968. The average molecular weight is 501 g/mol. The lowest BCUT2D eigenvalue weighted by atomic mass is 9.87. The van der Waals surface area contributed by atoms with Gasteiger partial charge in [-0.3, -0.25) is 5.10 Å². The second-order valence-corrected chi connectivity index (χ2v) is 9.07. The first-order valence-electron chi connectivity index (χ1n) is 12.5. The Morgan fingerprint density at radius 2 is 1.66 bits per heavy atom. The zero-order valence-corrected chi connectivity index (χ0v) is 21.3. The van der Waals surface area contributed by atoms with Crippen molar-refractivity contribution in [3.63, 3.8) is 0 Å². The number of benzene rings is 4. The summed E-state index contributed by atoms with van der Waals surface area (Å²) in [5.74, 6) is 0.646. The summed E-state index contributed by atoms with van der Waals surface area (Å²) in [5, 5.41) is 17.2. The number of hydrogen-bond acceptors (Lipinski definition) is 3. The van der Waals surface area contributed by atoms with Gasteiger partial charge in [-0.05, 0) is 88.7 Å². The van der Waals surface area contributed by atoms with E-state index in [1.807, 2.05) is 66.9 Å². The van der Waals surface area contributed by atoms with Crippen molar-refractivity contribution in [1.82, 2.24) is 10.2 Å². The van der Waals surface area contributed by atoms with Crippen LogP contribution in [-0.4, -0.2) is 21.3 Å². The van der Waals surface area contributed by atoms with Crippen molar-refractivity contribution in [2.24, 2.45) is 0 Å². The molecule has 0 spiro atoms. The normalized spacial score (nSPS) is 12.1. The van der Waals surface area contributed by atoms with E-state index in [0.29, 0.717) is 0 Å². The molecule has 0 fully saturated rings. The highest BCUT2D eigenvalue weighted by molar-refractivity contribution is 6.00. The van der Waals surface area contributed by atoms with Crippen molar-refractivity contribution >= 4 is 34.1 Å². The third-order valence-electron chi connectivity index (χ3n) is 6.51. The van der Waals surface area contributed by atoms with Gasteiger partial charge < -0.3 is 9.84 Å². The Morgan fingerprint density at radius 1 is 0.921 bits per heavy atom. The van der Waals surface area contributed by atoms with Crippen molar-refractivity contribution in [3.8, 4) is 11.5 Å². The van der Waals surface area contributed by atoms with E-state index in [9.17, 15) is 4.79 Å². The number of ether oxygens (including phenoxy) is 1. The number of carbonyl (C=O) groups is 1. The first kappa shape index (κ1) is 24.8. The number of allylic oxidation sites excluding steroid dienone is 1. The van der Waals surface area contributed by atoms with Crippen LogP contribution >= 0.6 is 0 Å². The van der Waals surface area contributed by atoms with E-state index in [-0.39, 0.29) is 0 Å². The van der Waals surface area contributed by atoms with Crippen LogP contribution in [0.4, 0.5) is 0 Å². The van der Waals surface area contributed by atoms with Gasteiger partial charge in [0.1, 0.15) is 11.5 Å². The highest BCUT2D eigenvalue weighted by atomic mass is 16.5. The van der Waals surface area contributed by atoms with Gasteiger partial charge >= 0.3 is 5.97 Å². The highest BCUT2D eigenvalue weighted by Crippen LogP contribution is 2.38. The van der Waals surface area contributed by atoms with Gasteiger partial charge in [-0.1, -0.05) is 67.6 Å². The lowest BCUT2D eigenvalue weighted by molar-refractivity contribution is -0.131. The Hall–Kier alpha value is -4.90. The van der Waals surface area contributed by atoms with E-state index in [1.165, 1.54) is 5.57 Å². The zero-order valence-electron chi connectivity index (χ0n) is 21.3. The number of hydrogen-bond donors (Lipinski definition) is 2. The summed E-state index contributed by atoms with van der Waals surface area (Å²) in [7, 11) is 0. The molecule has 1 aromatic heterocycles. The molecule has 0 radical (unpaired) electrons. The van der Waals surface area contributed by atoms with Crippen LogP contribution in [0.5, 0.6) is 11.5 Å². The lowest BCUT2D eigenvalue weighted by Crippen LogP contribution is -1.97. The molecule has 5 aromatic rings. The summed E-state index contributed by atoms with van der Waals surface area (Å²) < 4.78 is 6.25. The fourth-order valence-corrected chi connectivity index (χ4v) is 4.58. The van der Waals surface area contributed by atoms with Crippen LogP contribution in [-0.2, 0) is 4.79 Å². The number of aromatic amines is 1. The molecule has 0 unspecified atom stereocenters. The van der Waals surface area contributed by atoms with E-state index in [4.69, 9.17) is 9.84 Å². The second kappa shape index (κ2) is 11.0. The molecule has 1 heterocycles. The third kappa shape index (κ3) is 5.42. The number of nitrogens with one attached hydrogen (secondary N) is 1. The molecule has 0 saturated heterocycles. The van der Waals surface area contributed by atoms with Gasteiger partial charge in [0, 0.05) is 11.5 Å². The molecule has 5 nitrogen and oxygen atoms in total. The third-order valence-corrected chi connectivity index (χ3v) is 6.51. The largest absolute Gasteiger partial charge is 0.478 e. The second-order valence-electron chi connectivity index (χ2n) is 9.07. The number of H-pyrrole nitrogens is 1. The molecular weight excluding hydrogens is 472 g/mol. The molecule has 188 valence electrons. The van der Waals surface area contributed by atoms with Crippen LogP contribution in [0.3, 0.4) is 0 Å². The Labute approximate surface area is 221 Å². The van der Waals surface area contributed by atoms with E-state index in [2.05, 4.69) is 54.4 Å². The Bertz CT molecular complexity index is 1650. The Balaban J connectivity index is 1.66. The number of aryl methyl sites for hydroxylation is 1. The Kier molecular flexibility index (Phi) is 7.18. The highest BCUT2D eigenvalue weighted by Gasteiger charge is 2.16. The van der Waals surface area contributed by atoms with Gasteiger partial charge in [0.25, 0.3) is 0 Å². The van der Waals surface area contributed by atoms with Gasteiger partial charge in [-0.2, -0.15) is 5.10 Å². The first-order valence-corrected chi connectivity index (χ1v) is 12.5. The number of nitrogens with zero attached hydrogens (tertiary/aromatic N) is 1. The predicted octanol–water partition coefficient (Wildman–Crippen LogP) is 8.13. The summed E-state index contributed by atoms with van der Waals surface area (Å²) >= 11 is 0. The molecule has 4 aromatic carbocycles. The molecule has 0 bridgehead atoms. The topological polar surface area (TPSA) is 75.2 Å². The summed E-state index contributed by atoms with van der Waals surface area (Å²) in [4.78, 5) is 11.0. The maximum Gasteiger partial charge on any atom is 0.328 e. The maximum absolute atomic E-state index is 11.0. The van der Waals surface area contributed by atoms with Crippen LogP contribution in [0.25, 0.3) is 28.1 Å². The summed E-state index contributed by atoms with van der Waals surface area (Å²) in [6, 6.07) is 30.4. The van der Waals surface area contributed by atoms with Crippen LogP contribution < -0.4 is 4.74 Å². The predicted molar refractivity (Wildman–Crippen MR) is 153 cm³/mol. The maximum atomic E-state index is 11.0. The SMILES string of the molecule is CCC(=C(c1ccc(C=CC(=O)O)cc1)c1ccc2[nH]ncc2c1)c1ccc(C)c(Oc2ccccc2)c1. The molecule has 0 aliphatic heterocycles. The summed E-state index contributed by atoms with van der Waals surface area (Å²) in [6.45, 7) is 4.21. The molecule has 0 aliphatic carbocycles. The van der Waals surface area contributed by atoms with Gasteiger partial charge in [-0.25, -0.2) is 4.79 Å². The van der Waals surface area contributed by atoms with E-state index >= 15 is 0 Å². The van der Waals surface area contributed by atoms with Gasteiger partial charge in [0.2, 0.25) is 0 Å². The number of carboxylic acids is 1. The molecule has 0 aliphatic rings. The fourth-order valence-electron chi connectivity index (χ4n) is 4.58. The molecule has 5 rings (SSSR count). The lowest BCUT2D eigenvalue weighted by Gasteiger charge is -2.18. The monoisotopic (exact) mass is 500 g/mol. The van der Waals surface area contributed by atoms with Crippen LogP contribution in [0.15, 0.2) is 103 Å². The fraction of sp³-hybridized carbons (Fsp3) is 0.0909. The van der Waals surface area contributed by atoms with Crippen molar-refractivity contribution in [1.29, 1.82) is 0 Å². The van der Waals surface area contributed by atoms with Crippen LogP contribution in [0.1, 0.15) is 41.2 Å². The molecule has 5 heteroatoms. The Morgan fingerprint density at radius 3 is 2.39 bits per heavy atom. The van der Waals surface area contributed by atoms with Gasteiger partial charge in [0.15, 0.2) is 0 Å². The van der Waals surface area contributed by atoms with Crippen molar-refractivity contribution in [3.05, 3.63) is 131 Å². The molecule has 0 saturated carbocycles. The minimum absolute atomic E-state index is 0.797. The van der Waals surface area contributed by atoms with Crippen LogP contribution in [0, 0.1) is 6.92 Å². The number of aromatic nitrogens is 2. The molecule has 0 atom stereocenters. The smallest absolute Gasteiger partial charge is 0.328 e. The summed E-state index contributed by atoms with van der Waals surface area (Å²) in [6.07, 6.45) is 5.38.